The van der Waals surface area contributed by atoms with Gasteiger partial charge in [-0.2, -0.15) is 0 Å². The van der Waals surface area contributed by atoms with Gasteiger partial charge in [0, 0.05) is 15.6 Å². The highest BCUT2D eigenvalue weighted by Crippen LogP contribution is 2.26. The molecule has 0 radical (unpaired) electrons. The van der Waals surface area contributed by atoms with E-state index in [1.807, 2.05) is 18.2 Å². The summed E-state index contributed by atoms with van der Waals surface area (Å²) in [5.74, 6) is -1.65. The molecule has 1 aromatic heterocycles. The number of hydrogen-bond acceptors (Lipinski definition) is 2. The van der Waals surface area contributed by atoms with E-state index in [9.17, 15) is 13.6 Å². The molecule has 0 saturated heterocycles. The highest BCUT2D eigenvalue weighted by molar-refractivity contribution is 9.10. The third kappa shape index (κ3) is 3.51. The van der Waals surface area contributed by atoms with E-state index in [1.165, 1.54) is 12.1 Å². The van der Waals surface area contributed by atoms with Crippen LogP contribution in [0, 0.1) is 11.6 Å². The molecule has 0 bridgehead atoms. The van der Waals surface area contributed by atoms with Crippen LogP contribution in [0.1, 0.15) is 21.7 Å². The minimum absolute atomic E-state index is 0.0718. The van der Waals surface area contributed by atoms with Crippen LogP contribution in [0.3, 0.4) is 0 Å². The fourth-order valence-electron chi connectivity index (χ4n) is 2.87. The zero-order valence-corrected chi connectivity index (χ0v) is 16.0. The molecule has 0 atom stereocenters. The average Bonchev–Trinajstić information content (AvgIpc) is 3.12. The van der Waals surface area contributed by atoms with Crippen molar-refractivity contribution in [2.75, 3.05) is 0 Å². The van der Waals surface area contributed by atoms with Gasteiger partial charge in [0.2, 0.25) is 0 Å². The number of aromatic amines is 1. The number of carbonyl (C=O) groups is 1. The molecule has 138 valence electrons. The molecule has 1 heterocycles. The van der Waals surface area contributed by atoms with Crippen LogP contribution in [0.25, 0.3) is 22.7 Å². The lowest BCUT2D eigenvalue weighted by molar-refractivity contribution is 0.105. The van der Waals surface area contributed by atoms with E-state index < -0.39 is 17.4 Å². The first kappa shape index (κ1) is 18.3. The van der Waals surface area contributed by atoms with E-state index in [-0.39, 0.29) is 17.0 Å². The van der Waals surface area contributed by atoms with Crippen LogP contribution in [-0.4, -0.2) is 15.8 Å². The van der Waals surface area contributed by atoms with Crippen molar-refractivity contribution in [3.05, 3.63) is 99.8 Å². The maximum atomic E-state index is 14.2. The van der Waals surface area contributed by atoms with Crippen molar-refractivity contribution in [2.45, 2.75) is 0 Å². The minimum Gasteiger partial charge on any atom is -0.338 e. The molecule has 3 nitrogen and oxygen atoms in total. The molecule has 6 heteroatoms. The van der Waals surface area contributed by atoms with Crippen LogP contribution in [0.2, 0.25) is 0 Å². The molecule has 1 N–H and O–H groups in total. The first-order valence-electron chi connectivity index (χ1n) is 8.44. The van der Waals surface area contributed by atoms with Crippen LogP contribution in [0.5, 0.6) is 0 Å². The number of imidazole rings is 1. The number of rotatable bonds is 4. The highest BCUT2D eigenvalue weighted by Gasteiger charge is 2.20. The number of nitrogens with zero attached hydrogens (tertiary/aromatic N) is 1. The van der Waals surface area contributed by atoms with E-state index >= 15 is 0 Å². The number of aromatic nitrogens is 2. The number of Topliss-reactive ketones (excluding diaryl/α,β-unsaturated/α-hetero) is 1. The van der Waals surface area contributed by atoms with Crippen LogP contribution in [-0.2, 0) is 0 Å². The average molecular weight is 439 g/mol. The number of halogens is 3. The summed E-state index contributed by atoms with van der Waals surface area (Å²) < 4.78 is 29.3. The maximum Gasteiger partial charge on any atom is 0.196 e. The third-order valence-corrected chi connectivity index (χ3v) is 4.81. The first-order chi connectivity index (χ1) is 13.5. The Bertz CT molecular complexity index is 1160. The van der Waals surface area contributed by atoms with Crippen LogP contribution >= 0.6 is 15.9 Å². The summed E-state index contributed by atoms with van der Waals surface area (Å²) in [5.41, 5.74) is 1.54. The Kier molecular flexibility index (Phi) is 4.88. The maximum absolute atomic E-state index is 14.2. The summed E-state index contributed by atoms with van der Waals surface area (Å²) in [7, 11) is 0. The molecule has 0 amide bonds. The van der Waals surface area contributed by atoms with Crippen LogP contribution in [0.15, 0.2) is 71.2 Å². The Morgan fingerprint density at radius 1 is 0.929 bits per heavy atom. The van der Waals surface area contributed by atoms with Gasteiger partial charge in [-0.3, -0.25) is 4.79 Å². The van der Waals surface area contributed by atoms with Gasteiger partial charge in [0.05, 0.1) is 16.6 Å². The van der Waals surface area contributed by atoms with E-state index in [1.54, 1.807) is 30.3 Å². The third-order valence-electron chi connectivity index (χ3n) is 4.28. The standard InChI is InChI=1S/C22H13BrF2N2O/c23-14-10-8-13(9-11-14)21(28)16(12-15-17(24)4-3-5-18(15)25)22-26-19-6-1-2-7-20(19)27-22/h1-12H,(H,26,27)/b16-12-. The number of ketones is 1. The number of allylic oxidation sites excluding steroid dienone is 1. The molecule has 0 aliphatic rings. The second kappa shape index (κ2) is 7.48. The minimum atomic E-state index is -0.753. The largest absolute Gasteiger partial charge is 0.338 e. The number of para-hydroxylation sites is 2. The number of H-pyrrole nitrogens is 1. The summed E-state index contributed by atoms with van der Waals surface area (Å²) in [6, 6.07) is 17.6. The molecule has 4 aromatic rings. The van der Waals surface area contributed by atoms with Gasteiger partial charge in [-0.1, -0.05) is 34.1 Å². The van der Waals surface area contributed by atoms with Gasteiger partial charge >= 0.3 is 0 Å². The SMILES string of the molecule is O=C(/C(=C/c1c(F)cccc1F)c1nc2ccccc2[nH]1)c1ccc(Br)cc1. The molecule has 4 rings (SSSR count). The molecule has 0 aliphatic heterocycles. The zero-order chi connectivity index (χ0) is 19.7. The first-order valence-corrected chi connectivity index (χ1v) is 9.23. The van der Waals surface area contributed by atoms with Gasteiger partial charge in [0.25, 0.3) is 0 Å². The lowest BCUT2D eigenvalue weighted by Gasteiger charge is -2.06. The quantitative estimate of drug-likeness (QED) is 0.312. The summed E-state index contributed by atoms with van der Waals surface area (Å²) in [6.45, 7) is 0. The number of benzene rings is 3. The molecule has 0 spiro atoms. The molecule has 0 aliphatic carbocycles. The molecule has 3 aromatic carbocycles. The molecular weight excluding hydrogens is 426 g/mol. The number of fused-ring (bicyclic) bond motifs is 1. The van der Waals surface area contributed by atoms with Crippen molar-refractivity contribution < 1.29 is 13.6 Å². The predicted molar refractivity (Wildman–Crippen MR) is 109 cm³/mol. The fraction of sp³-hybridized carbons (Fsp3) is 0. The van der Waals surface area contributed by atoms with Crippen molar-refractivity contribution in [3.63, 3.8) is 0 Å². The summed E-state index contributed by atoms with van der Waals surface area (Å²) >= 11 is 3.33. The lowest BCUT2D eigenvalue weighted by Crippen LogP contribution is -2.05. The van der Waals surface area contributed by atoms with Gasteiger partial charge in [0.15, 0.2) is 5.78 Å². The summed E-state index contributed by atoms with van der Waals surface area (Å²) in [4.78, 5) is 20.7. The Labute approximate surface area is 167 Å². The Hall–Kier alpha value is -3.12. The van der Waals surface area contributed by atoms with Crippen molar-refractivity contribution in [3.8, 4) is 0 Å². The molecule has 0 saturated carbocycles. The monoisotopic (exact) mass is 438 g/mol. The summed E-state index contributed by atoms with van der Waals surface area (Å²) in [5, 5.41) is 0. The lowest BCUT2D eigenvalue weighted by atomic mass is 10.00. The van der Waals surface area contributed by atoms with Crippen LogP contribution < -0.4 is 0 Å². The van der Waals surface area contributed by atoms with Gasteiger partial charge < -0.3 is 4.98 Å². The number of hydrogen-bond donors (Lipinski definition) is 1. The van der Waals surface area contributed by atoms with Crippen molar-refractivity contribution in [1.82, 2.24) is 9.97 Å². The molecular formula is C22H13BrF2N2O. The van der Waals surface area contributed by atoms with Gasteiger partial charge in [0.1, 0.15) is 17.5 Å². The predicted octanol–water partition coefficient (Wildman–Crippen LogP) is 6.03. The van der Waals surface area contributed by atoms with E-state index in [2.05, 4.69) is 25.9 Å². The van der Waals surface area contributed by atoms with Gasteiger partial charge in [-0.25, -0.2) is 13.8 Å². The van der Waals surface area contributed by atoms with Crippen molar-refractivity contribution in [2.24, 2.45) is 0 Å². The van der Waals surface area contributed by atoms with Crippen molar-refractivity contribution >= 4 is 44.4 Å². The fourth-order valence-corrected chi connectivity index (χ4v) is 3.14. The Morgan fingerprint density at radius 3 is 2.29 bits per heavy atom. The topological polar surface area (TPSA) is 45.8 Å². The van der Waals surface area contributed by atoms with Crippen molar-refractivity contribution in [1.29, 1.82) is 0 Å². The van der Waals surface area contributed by atoms with E-state index in [0.717, 1.165) is 22.1 Å². The van der Waals surface area contributed by atoms with E-state index in [0.29, 0.717) is 11.1 Å². The number of carbonyl (C=O) groups excluding carboxylic acids is 1. The second-order valence-electron chi connectivity index (χ2n) is 6.13. The summed E-state index contributed by atoms with van der Waals surface area (Å²) in [6.07, 6.45) is 1.20. The second-order valence-corrected chi connectivity index (χ2v) is 7.05. The van der Waals surface area contributed by atoms with E-state index in [4.69, 9.17) is 0 Å². The molecule has 28 heavy (non-hydrogen) atoms. The van der Waals surface area contributed by atoms with Crippen LogP contribution in [0.4, 0.5) is 8.78 Å². The van der Waals surface area contributed by atoms with Gasteiger partial charge in [-0.15, -0.1) is 0 Å². The Balaban J connectivity index is 1.91. The van der Waals surface area contributed by atoms with Gasteiger partial charge in [-0.05, 0) is 54.6 Å². The molecule has 0 fully saturated rings. The smallest absolute Gasteiger partial charge is 0.196 e. The normalized spacial score (nSPS) is 11.8. The highest BCUT2D eigenvalue weighted by atomic mass is 79.9. The Morgan fingerprint density at radius 2 is 1.61 bits per heavy atom. The number of nitrogens with one attached hydrogen (secondary N) is 1. The molecule has 0 unspecified atom stereocenters. The zero-order valence-electron chi connectivity index (χ0n) is 14.4.